The highest BCUT2D eigenvalue weighted by Gasteiger charge is 2.26. The third kappa shape index (κ3) is 2.81. The van der Waals surface area contributed by atoms with E-state index in [0.29, 0.717) is 11.1 Å². The molecule has 2 nitrogen and oxygen atoms in total. The maximum Gasteiger partial charge on any atom is 0.349 e. The van der Waals surface area contributed by atoms with Crippen molar-refractivity contribution in [3.05, 3.63) is 63.7 Å². The molecule has 0 radical (unpaired) electrons. The van der Waals surface area contributed by atoms with Gasteiger partial charge in [-0.1, -0.05) is 17.7 Å². The molecule has 2 aromatic rings. The van der Waals surface area contributed by atoms with Crippen LogP contribution >= 0.6 is 0 Å². The maximum atomic E-state index is 13.6. The van der Waals surface area contributed by atoms with E-state index in [4.69, 9.17) is 4.74 Å². The quantitative estimate of drug-likeness (QED) is 0.270. The van der Waals surface area contributed by atoms with Gasteiger partial charge in [-0.2, -0.15) is 0 Å². The van der Waals surface area contributed by atoms with Crippen LogP contribution in [0.4, 0.5) is 17.6 Å². The van der Waals surface area contributed by atoms with E-state index in [1.54, 1.807) is 26.0 Å². The van der Waals surface area contributed by atoms with Crippen molar-refractivity contribution in [2.24, 2.45) is 0 Å². The number of aryl methyl sites for hydroxylation is 3. The minimum atomic E-state index is -1.93. The average Bonchev–Trinajstić information content (AvgIpc) is 2.40. The Labute approximate surface area is 124 Å². The number of halogens is 4. The highest BCUT2D eigenvalue weighted by Crippen LogP contribution is 2.27. The summed E-state index contributed by atoms with van der Waals surface area (Å²) in [4.78, 5) is 11.9. The highest BCUT2D eigenvalue weighted by atomic mass is 19.2. The van der Waals surface area contributed by atoms with E-state index in [1.165, 1.54) is 0 Å². The number of hydrogen-bond acceptors (Lipinski definition) is 2. The van der Waals surface area contributed by atoms with E-state index in [1.807, 2.05) is 6.92 Å². The number of benzene rings is 2. The molecular weight excluding hydrogens is 300 g/mol. The van der Waals surface area contributed by atoms with Crippen molar-refractivity contribution in [2.45, 2.75) is 20.8 Å². The number of esters is 1. The summed E-state index contributed by atoms with van der Waals surface area (Å²) in [7, 11) is 0. The van der Waals surface area contributed by atoms with Crippen LogP contribution < -0.4 is 4.74 Å². The minimum absolute atomic E-state index is 0.101. The van der Waals surface area contributed by atoms with Crippen LogP contribution in [0.5, 0.6) is 5.75 Å². The smallest absolute Gasteiger partial charge is 0.349 e. The first-order valence-corrected chi connectivity index (χ1v) is 6.35. The van der Waals surface area contributed by atoms with E-state index in [-0.39, 0.29) is 11.8 Å². The molecule has 22 heavy (non-hydrogen) atoms. The Kier molecular flexibility index (Phi) is 4.21. The molecule has 116 valence electrons. The Morgan fingerprint density at radius 3 is 1.95 bits per heavy atom. The lowest BCUT2D eigenvalue weighted by molar-refractivity contribution is 0.0720. The Balaban J connectivity index is 2.45. The highest BCUT2D eigenvalue weighted by molar-refractivity contribution is 5.92. The second kappa shape index (κ2) is 5.79. The lowest BCUT2D eigenvalue weighted by Crippen LogP contribution is -2.16. The van der Waals surface area contributed by atoms with Gasteiger partial charge in [-0.15, -0.1) is 0 Å². The molecule has 0 aromatic heterocycles. The molecule has 0 saturated heterocycles. The zero-order valence-corrected chi connectivity index (χ0v) is 12.1. The molecule has 6 heteroatoms. The molecule has 0 aliphatic rings. The summed E-state index contributed by atoms with van der Waals surface area (Å²) in [6.07, 6.45) is 0. The van der Waals surface area contributed by atoms with E-state index >= 15 is 0 Å². The minimum Gasteiger partial charge on any atom is -0.422 e. The van der Waals surface area contributed by atoms with Crippen molar-refractivity contribution in [3.63, 3.8) is 0 Å². The monoisotopic (exact) mass is 312 g/mol. The molecule has 0 spiro atoms. The molecule has 0 unspecified atom stereocenters. The SMILES string of the molecule is Cc1cc(C)c(OC(=O)c2c(F)cc(F)c(F)c2F)c(C)c1. The molecule has 2 rings (SSSR count). The van der Waals surface area contributed by atoms with Gasteiger partial charge in [-0.3, -0.25) is 0 Å². The fourth-order valence-electron chi connectivity index (χ4n) is 2.22. The van der Waals surface area contributed by atoms with Gasteiger partial charge in [0.2, 0.25) is 0 Å². The number of carbonyl (C=O) groups excluding carboxylic acids is 1. The fourth-order valence-corrected chi connectivity index (χ4v) is 2.22. The van der Waals surface area contributed by atoms with Crippen LogP contribution in [0.15, 0.2) is 18.2 Å². The molecule has 0 amide bonds. The van der Waals surface area contributed by atoms with E-state index < -0.39 is 34.8 Å². The molecule has 0 fully saturated rings. The predicted molar refractivity (Wildman–Crippen MR) is 71.9 cm³/mol. The van der Waals surface area contributed by atoms with Crippen LogP contribution in [-0.2, 0) is 0 Å². The summed E-state index contributed by atoms with van der Waals surface area (Å²) in [5.41, 5.74) is 0.807. The molecule has 0 heterocycles. The summed E-state index contributed by atoms with van der Waals surface area (Å²) >= 11 is 0. The first kappa shape index (κ1) is 16.0. The normalized spacial score (nSPS) is 10.7. The van der Waals surface area contributed by atoms with Crippen molar-refractivity contribution in [1.29, 1.82) is 0 Å². The van der Waals surface area contributed by atoms with Crippen LogP contribution in [0.25, 0.3) is 0 Å². The fraction of sp³-hybridized carbons (Fsp3) is 0.188. The molecule has 0 N–H and O–H groups in total. The van der Waals surface area contributed by atoms with Gasteiger partial charge in [0, 0.05) is 6.07 Å². The predicted octanol–water partition coefficient (Wildman–Crippen LogP) is 4.39. The Morgan fingerprint density at radius 1 is 0.864 bits per heavy atom. The molecule has 0 saturated carbocycles. The molecule has 0 aliphatic heterocycles. The molecule has 2 aromatic carbocycles. The topological polar surface area (TPSA) is 26.3 Å². The Morgan fingerprint density at radius 2 is 1.41 bits per heavy atom. The van der Waals surface area contributed by atoms with Crippen molar-refractivity contribution < 1.29 is 27.1 Å². The van der Waals surface area contributed by atoms with Crippen LogP contribution in [-0.4, -0.2) is 5.97 Å². The standard InChI is InChI=1S/C16H12F4O2/c1-7-4-8(2)15(9(3)5-7)22-16(21)12-10(17)6-11(18)13(19)14(12)20/h4-6H,1-3H3. The molecule has 0 atom stereocenters. The van der Waals surface area contributed by atoms with E-state index in [2.05, 4.69) is 0 Å². The van der Waals surface area contributed by atoms with Crippen molar-refractivity contribution in [3.8, 4) is 5.75 Å². The summed E-state index contributed by atoms with van der Waals surface area (Å²) in [5, 5.41) is 0. The summed E-state index contributed by atoms with van der Waals surface area (Å²) in [6, 6.07) is 3.53. The average molecular weight is 312 g/mol. The molecule has 0 bridgehead atoms. The van der Waals surface area contributed by atoms with Gasteiger partial charge in [0.1, 0.15) is 17.1 Å². The third-order valence-electron chi connectivity index (χ3n) is 3.12. The first-order chi connectivity index (χ1) is 10.2. The van der Waals surface area contributed by atoms with Gasteiger partial charge in [0.05, 0.1) is 0 Å². The van der Waals surface area contributed by atoms with Gasteiger partial charge in [0.25, 0.3) is 0 Å². The van der Waals surface area contributed by atoms with Crippen molar-refractivity contribution in [1.82, 2.24) is 0 Å². The van der Waals surface area contributed by atoms with Crippen molar-refractivity contribution in [2.75, 3.05) is 0 Å². The van der Waals surface area contributed by atoms with E-state index in [0.717, 1.165) is 5.56 Å². The van der Waals surface area contributed by atoms with Gasteiger partial charge in [-0.05, 0) is 31.9 Å². The first-order valence-electron chi connectivity index (χ1n) is 6.35. The van der Waals surface area contributed by atoms with Gasteiger partial charge >= 0.3 is 5.97 Å². The Hall–Kier alpha value is -2.37. The zero-order valence-electron chi connectivity index (χ0n) is 12.1. The van der Waals surface area contributed by atoms with Crippen LogP contribution in [0.1, 0.15) is 27.0 Å². The maximum absolute atomic E-state index is 13.6. The third-order valence-corrected chi connectivity index (χ3v) is 3.12. The summed E-state index contributed by atoms with van der Waals surface area (Å²) in [5.74, 6) is -8.38. The summed E-state index contributed by atoms with van der Waals surface area (Å²) in [6.45, 7) is 5.14. The summed E-state index contributed by atoms with van der Waals surface area (Å²) < 4.78 is 58.1. The van der Waals surface area contributed by atoms with E-state index in [9.17, 15) is 22.4 Å². The number of hydrogen-bond donors (Lipinski definition) is 0. The molecular formula is C16H12F4O2. The second-order valence-corrected chi connectivity index (χ2v) is 4.96. The van der Waals surface area contributed by atoms with Crippen molar-refractivity contribution >= 4 is 5.97 Å². The lowest BCUT2D eigenvalue weighted by Gasteiger charge is -2.12. The largest absolute Gasteiger partial charge is 0.422 e. The zero-order chi connectivity index (χ0) is 16.6. The number of carbonyl (C=O) groups is 1. The van der Waals surface area contributed by atoms with Gasteiger partial charge in [0.15, 0.2) is 17.5 Å². The second-order valence-electron chi connectivity index (χ2n) is 4.96. The van der Waals surface area contributed by atoms with Crippen LogP contribution in [0.3, 0.4) is 0 Å². The lowest BCUT2D eigenvalue weighted by atomic mass is 10.1. The molecule has 0 aliphatic carbocycles. The Bertz CT molecular complexity index is 746. The van der Waals surface area contributed by atoms with Crippen LogP contribution in [0.2, 0.25) is 0 Å². The number of ether oxygens (including phenoxy) is 1. The number of rotatable bonds is 2. The van der Waals surface area contributed by atoms with Gasteiger partial charge < -0.3 is 4.74 Å². The van der Waals surface area contributed by atoms with Gasteiger partial charge in [-0.25, -0.2) is 22.4 Å². The van der Waals surface area contributed by atoms with Crippen LogP contribution in [0, 0.1) is 44.0 Å².